The van der Waals surface area contributed by atoms with E-state index in [0.29, 0.717) is 6.54 Å². The molecule has 0 aliphatic rings. The van der Waals surface area contributed by atoms with Crippen LogP contribution in [0.3, 0.4) is 0 Å². The Bertz CT molecular complexity index is 489. The molecule has 1 N–H and O–H groups in total. The molecule has 0 spiro atoms. The minimum Gasteiger partial charge on any atom is -0.444 e. The largest absolute Gasteiger partial charge is 0.444 e. The van der Waals surface area contributed by atoms with Gasteiger partial charge in [-0.2, -0.15) is 0 Å². The molecule has 0 saturated carbocycles. The van der Waals surface area contributed by atoms with Crippen LogP contribution in [0.4, 0.5) is 5.69 Å². The summed E-state index contributed by atoms with van der Waals surface area (Å²) in [6, 6.07) is 10.1. The van der Waals surface area contributed by atoms with E-state index in [9.17, 15) is 0 Å². The van der Waals surface area contributed by atoms with Gasteiger partial charge >= 0.3 is 0 Å². The van der Waals surface area contributed by atoms with Crippen molar-refractivity contribution in [1.29, 1.82) is 0 Å². The number of oxazole rings is 1. The minimum atomic E-state index is 0.187. The molecule has 0 bridgehead atoms. The van der Waals surface area contributed by atoms with Gasteiger partial charge in [0.1, 0.15) is 5.76 Å². The van der Waals surface area contributed by atoms with Crippen LogP contribution in [0, 0.1) is 13.8 Å². The Morgan fingerprint density at radius 3 is 2.53 bits per heavy atom. The third kappa shape index (κ3) is 3.58. The standard InChI is InChI=1S/C15H20N2O2/c1-12-13(2)19-15(16-12)11-17(9-6-10-18)14-7-4-3-5-8-14/h3-5,7-8,18H,6,9-11H2,1-2H3. The first-order valence-electron chi connectivity index (χ1n) is 6.54. The van der Waals surface area contributed by atoms with Crippen molar-refractivity contribution in [2.75, 3.05) is 18.1 Å². The molecule has 102 valence electrons. The van der Waals surface area contributed by atoms with E-state index in [2.05, 4.69) is 22.0 Å². The Hall–Kier alpha value is -1.81. The maximum Gasteiger partial charge on any atom is 0.214 e. The summed E-state index contributed by atoms with van der Waals surface area (Å²) in [7, 11) is 0. The molecule has 4 nitrogen and oxygen atoms in total. The Balaban J connectivity index is 2.14. The van der Waals surface area contributed by atoms with Gasteiger partial charge in [-0.1, -0.05) is 18.2 Å². The number of aryl methyl sites for hydroxylation is 2. The van der Waals surface area contributed by atoms with Crippen LogP contribution in [-0.2, 0) is 6.54 Å². The predicted octanol–water partition coefficient (Wildman–Crippen LogP) is 2.68. The van der Waals surface area contributed by atoms with Gasteiger partial charge in [0.05, 0.1) is 12.2 Å². The third-order valence-electron chi connectivity index (χ3n) is 3.11. The quantitative estimate of drug-likeness (QED) is 0.867. The molecule has 1 aromatic heterocycles. The molecule has 1 heterocycles. The fourth-order valence-corrected chi connectivity index (χ4v) is 1.97. The molecular weight excluding hydrogens is 240 g/mol. The molecule has 2 rings (SSSR count). The van der Waals surface area contributed by atoms with Crippen molar-refractivity contribution in [2.24, 2.45) is 0 Å². The van der Waals surface area contributed by atoms with Crippen molar-refractivity contribution in [3.63, 3.8) is 0 Å². The summed E-state index contributed by atoms with van der Waals surface area (Å²) in [5, 5.41) is 9.01. The molecule has 19 heavy (non-hydrogen) atoms. The van der Waals surface area contributed by atoms with E-state index >= 15 is 0 Å². The highest BCUT2D eigenvalue weighted by molar-refractivity contribution is 5.45. The van der Waals surface area contributed by atoms with Crippen LogP contribution in [0.5, 0.6) is 0 Å². The van der Waals surface area contributed by atoms with Crippen LogP contribution in [0.1, 0.15) is 23.8 Å². The Morgan fingerprint density at radius 2 is 1.95 bits per heavy atom. The van der Waals surface area contributed by atoms with Gasteiger partial charge in [-0.05, 0) is 32.4 Å². The summed E-state index contributed by atoms with van der Waals surface area (Å²) in [6.07, 6.45) is 0.730. The van der Waals surface area contributed by atoms with Crippen molar-refractivity contribution < 1.29 is 9.52 Å². The van der Waals surface area contributed by atoms with Crippen LogP contribution in [0.2, 0.25) is 0 Å². The van der Waals surface area contributed by atoms with Gasteiger partial charge in [-0.25, -0.2) is 4.98 Å². The first-order valence-corrected chi connectivity index (χ1v) is 6.54. The van der Waals surface area contributed by atoms with Gasteiger partial charge < -0.3 is 14.4 Å². The van der Waals surface area contributed by atoms with E-state index in [1.165, 1.54) is 0 Å². The fraction of sp³-hybridized carbons (Fsp3) is 0.400. The fourth-order valence-electron chi connectivity index (χ4n) is 1.97. The van der Waals surface area contributed by atoms with Crippen LogP contribution in [0.15, 0.2) is 34.7 Å². The highest BCUT2D eigenvalue weighted by Gasteiger charge is 2.12. The second-order valence-electron chi connectivity index (χ2n) is 4.58. The zero-order valence-corrected chi connectivity index (χ0v) is 11.5. The summed E-state index contributed by atoms with van der Waals surface area (Å²) in [4.78, 5) is 6.58. The number of aliphatic hydroxyl groups excluding tert-OH is 1. The zero-order valence-electron chi connectivity index (χ0n) is 11.5. The molecule has 4 heteroatoms. The lowest BCUT2D eigenvalue weighted by molar-refractivity contribution is 0.288. The normalized spacial score (nSPS) is 10.7. The average Bonchev–Trinajstić information content (AvgIpc) is 2.74. The van der Waals surface area contributed by atoms with Crippen molar-refractivity contribution in [2.45, 2.75) is 26.8 Å². The number of anilines is 1. The van der Waals surface area contributed by atoms with Gasteiger partial charge in [-0.15, -0.1) is 0 Å². The molecule has 1 aromatic carbocycles. The van der Waals surface area contributed by atoms with Crippen molar-refractivity contribution in [3.8, 4) is 0 Å². The lowest BCUT2D eigenvalue weighted by Gasteiger charge is -2.22. The van der Waals surface area contributed by atoms with E-state index in [4.69, 9.17) is 9.52 Å². The minimum absolute atomic E-state index is 0.187. The lowest BCUT2D eigenvalue weighted by atomic mass is 10.2. The van der Waals surface area contributed by atoms with E-state index in [1.54, 1.807) is 0 Å². The zero-order chi connectivity index (χ0) is 13.7. The van der Waals surface area contributed by atoms with Crippen molar-refractivity contribution >= 4 is 5.69 Å². The number of aromatic nitrogens is 1. The number of hydrogen-bond acceptors (Lipinski definition) is 4. The molecule has 0 aliphatic carbocycles. The van der Waals surface area contributed by atoms with Gasteiger partial charge in [0, 0.05) is 18.8 Å². The van der Waals surface area contributed by atoms with E-state index in [0.717, 1.165) is 36.0 Å². The number of hydrogen-bond donors (Lipinski definition) is 1. The molecule has 0 radical (unpaired) electrons. The average molecular weight is 260 g/mol. The summed E-state index contributed by atoms with van der Waals surface area (Å²) < 4.78 is 5.63. The van der Waals surface area contributed by atoms with E-state index < -0.39 is 0 Å². The molecular formula is C15H20N2O2. The van der Waals surface area contributed by atoms with Crippen LogP contribution in [-0.4, -0.2) is 23.2 Å². The SMILES string of the molecule is Cc1nc(CN(CCCO)c2ccccc2)oc1C. The molecule has 0 atom stereocenters. The maximum atomic E-state index is 9.01. The molecule has 0 unspecified atom stereocenters. The van der Waals surface area contributed by atoms with Gasteiger partial charge in [0.25, 0.3) is 0 Å². The summed E-state index contributed by atoms with van der Waals surface area (Å²) in [5.74, 6) is 1.59. The van der Waals surface area contributed by atoms with Gasteiger partial charge in [0.2, 0.25) is 5.89 Å². The summed E-state index contributed by atoms with van der Waals surface area (Å²) >= 11 is 0. The smallest absolute Gasteiger partial charge is 0.214 e. The molecule has 0 saturated heterocycles. The predicted molar refractivity (Wildman–Crippen MR) is 75.2 cm³/mol. The number of aliphatic hydroxyl groups is 1. The second kappa shape index (κ2) is 6.38. The van der Waals surface area contributed by atoms with Gasteiger partial charge in [-0.3, -0.25) is 0 Å². The van der Waals surface area contributed by atoms with Crippen molar-refractivity contribution in [1.82, 2.24) is 4.98 Å². The summed E-state index contributed by atoms with van der Waals surface area (Å²) in [5.41, 5.74) is 2.05. The van der Waals surface area contributed by atoms with Gasteiger partial charge in [0.15, 0.2) is 0 Å². The summed E-state index contributed by atoms with van der Waals surface area (Å²) in [6.45, 7) is 5.46. The number of nitrogens with zero attached hydrogens (tertiary/aromatic N) is 2. The molecule has 0 aliphatic heterocycles. The molecule has 0 fully saturated rings. The van der Waals surface area contributed by atoms with E-state index in [1.807, 2.05) is 32.0 Å². The van der Waals surface area contributed by atoms with Crippen LogP contribution in [0.25, 0.3) is 0 Å². The number of para-hydroxylation sites is 1. The number of rotatable bonds is 6. The first-order chi connectivity index (χ1) is 9.20. The van der Waals surface area contributed by atoms with E-state index in [-0.39, 0.29) is 6.61 Å². The monoisotopic (exact) mass is 260 g/mol. The maximum absolute atomic E-state index is 9.01. The Kier molecular flexibility index (Phi) is 4.58. The van der Waals surface area contributed by atoms with Crippen LogP contribution >= 0.6 is 0 Å². The number of benzene rings is 1. The highest BCUT2D eigenvalue weighted by Crippen LogP contribution is 2.18. The topological polar surface area (TPSA) is 49.5 Å². The Labute approximate surface area is 113 Å². The molecule has 2 aromatic rings. The highest BCUT2D eigenvalue weighted by atomic mass is 16.4. The Morgan fingerprint density at radius 1 is 1.21 bits per heavy atom. The van der Waals surface area contributed by atoms with Crippen LogP contribution < -0.4 is 4.90 Å². The molecule has 0 amide bonds. The van der Waals surface area contributed by atoms with Crippen molar-refractivity contribution in [3.05, 3.63) is 47.7 Å². The second-order valence-corrected chi connectivity index (χ2v) is 4.58. The third-order valence-corrected chi connectivity index (χ3v) is 3.11. The lowest BCUT2D eigenvalue weighted by Crippen LogP contribution is -2.24. The first kappa shape index (κ1) is 13.6.